The fourth-order valence-electron chi connectivity index (χ4n) is 3.24. The van der Waals surface area contributed by atoms with Gasteiger partial charge in [0, 0.05) is 26.1 Å². The van der Waals surface area contributed by atoms with Gasteiger partial charge in [-0.1, -0.05) is 13.8 Å². The molecule has 2 aromatic rings. The minimum Gasteiger partial charge on any atom is -0.350 e. The van der Waals surface area contributed by atoms with E-state index in [0.717, 1.165) is 50.4 Å². The molecule has 7 heteroatoms. The topological polar surface area (TPSA) is 67.2 Å². The van der Waals surface area contributed by atoms with Crippen LogP contribution in [0.2, 0.25) is 0 Å². The molecule has 0 bridgehead atoms. The van der Waals surface area contributed by atoms with Crippen molar-refractivity contribution in [3.63, 3.8) is 0 Å². The highest BCUT2D eigenvalue weighted by Gasteiger charge is 2.23. The smallest absolute Gasteiger partial charge is 0.262 e. The fraction of sp³-hybridized carbons (Fsp3) is 0.588. The van der Waals surface area contributed by atoms with E-state index in [4.69, 9.17) is 0 Å². The second-order valence-electron chi connectivity index (χ2n) is 6.11. The van der Waals surface area contributed by atoms with Crippen LogP contribution in [-0.2, 0) is 13.0 Å². The summed E-state index contributed by atoms with van der Waals surface area (Å²) in [5.74, 6) is 0.745. The molecule has 0 aromatic carbocycles. The van der Waals surface area contributed by atoms with Gasteiger partial charge in [-0.3, -0.25) is 14.2 Å². The zero-order chi connectivity index (χ0) is 17.3. The quantitative estimate of drug-likeness (QED) is 0.864. The van der Waals surface area contributed by atoms with Crippen molar-refractivity contribution in [2.45, 2.75) is 40.2 Å². The maximum Gasteiger partial charge on any atom is 0.262 e. The number of fused-ring (bicyclic) bond motifs is 2. The van der Waals surface area contributed by atoms with Gasteiger partial charge in [0.25, 0.3) is 11.5 Å². The molecule has 1 amide bonds. The van der Waals surface area contributed by atoms with E-state index < -0.39 is 0 Å². The van der Waals surface area contributed by atoms with Gasteiger partial charge in [0.2, 0.25) is 0 Å². The minimum atomic E-state index is -0.104. The van der Waals surface area contributed by atoms with Crippen molar-refractivity contribution in [1.29, 1.82) is 0 Å². The Bertz CT molecular complexity index is 820. The van der Waals surface area contributed by atoms with E-state index in [1.54, 1.807) is 4.57 Å². The predicted molar refractivity (Wildman–Crippen MR) is 97.1 cm³/mol. The highest BCUT2D eigenvalue weighted by molar-refractivity contribution is 7.20. The number of nitrogens with zero attached hydrogens (tertiary/aromatic N) is 3. The third kappa shape index (κ3) is 2.98. The zero-order valence-corrected chi connectivity index (χ0v) is 15.3. The summed E-state index contributed by atoms with van der Waals surface area (Å²) in [6.45, 7) is 10.2. The molecule has 0 unspecified atom stereocenters. The van der Waals surface area contributed by atoms with Crippen LogP contribution in [0.1, 0.15) is 41.3 Å². The van der Waals surface area contributed by atoms with E-state index in [-0.39, 0.29) is 11.5 Å². The third-order valence-electron chi connectivity index (χ3n) is 4.73. The van der Waals surface area contributed by atoms with Crippen molar-refractivity contribution < 1.29 is 4.79 Å². The summed E-state index contributed by atoms with van der Waals surface area (Å²) < 4.78 is 1.75. The zero-order valence-electron chi connectivity index (χ0n) is 14.5. The number of thiophene rings is 1. The Balaban J connectivity index is 1.83. The summed E-state index contributed by atoms with van der Waals surface area (Å²) in [6.07, 6.45) is 1.81. The number of hydrogen-bond acceptors (Lipinski definition) is 5. The molecule has 0 spiro atoms. The van der Waals surface area contributed by atoms with Crippen LogP contribution in [0.15, 0.2) is 4.79 Å². The first-order valence-electron chi connectivity index (χ1n) is 8.60. The average molecular weight is 348 g/mol. The van der Waals surface area contributed by atoms with Crippen molar-refractivity contribution in [1.82, 2.24) is 19.8 Å². The Morgan fingerprint density at radius 1 is 1.38 bits per heavy atom. The molecular formula is C17H24N4O2S. The van der Waals surface area contributed by atoms with E-state index in [2.05, 4.69) is 29.0 Å². The molecule has 3 rings (SSSR count). The molecule has 130 valence electrons. The van der Waals surface area contributed by atoms with Crippen LogP contribution in [0.4, 0.5) is 0 Å². The molecule has 3 heterocycles. The molecule has 1 aliphatic rings. The third-order valence-corrected chi connectivity index (χ3v) is 5.91. The lowest BCUT2D eigenvalue weighted by Gasteiger charge is -2.17. The van der Waals surface area contributed by atoms with Crippen LogP contribution in [0.25, 0.3) is 10.2 Å². The van der Waals surface area contributed by atoms with Crippen LogP contribution < -0.4 is 10.9 Å². The first kappa shape index (κ1) is 17.1. The summed E-state index contributed by atoms with van der Waals surface area (Å²) in [6, 6.07) is 0. The first-order chi connectivity index (χ1) is 11.6. The largest absolute Gasteiger partial charge is 0.350 e. The second-order valence-corrected chi connectivity index (χ2v) is 7.11. The summed E-state index contributed by atoms with van der Waals surface area (Å²) in [5.41, 5.74) is 0.762. The highest BCUT2D eigenvalue weighted by atomic mass is 32.1. The van der Waals surface area contributed by atoms with Crippen LogP contribution in [-0.4, -0.2) is 46.5 Å². The molecule has 2 aromatic heterocycles. The second kappa shape index (κ2) is 7.03. The average Bonchev–Trinajstić information content (AvgIpc) is 3.17. The Kier molecular flexibility index (Phi) is 5.01. The predicted octanol–water partition coefficient (Wildman–Crippen LogP) is 1.78. The fourth-order valence-corrected chi connectivity index (χ4v) is 4.35. The molecule has 0 fully saturated rings. The Morgan fingerprint density at radius 3 is 2.83 bits per heavy atom. The maximum atomic E-state index is 12.6. The molecule has 0 radical (unpaired) electrons. The molecule has 0 saturated heterocycles. The van der Waals surface area contributed by atoms with E-state index in [1.807, 2.05) is 6.92 Å². The number of aromatic nitrogens is 2. The van der Waals surface area contributed by atoms with Gasteiger partial charge in [-0.05, 0) is 32.0 Å². The number of likely N-dealkylation sites (N-methyl/N-ethyl adjacent to an activating group) is 1. The summed E-state index contributed by atoms with van der Waals surface area (Å²) in [4.78, 5) is 33.3. The highest BCUT2D eigenvalue weighted by Crippen LogP contribution is 2.28. The number of amides is 1. The van der Waals surface area contributed by atoms with Crippen LogP contribution in [0.3, 0.4) is 0 Å². The Morgan fingerprint density at radius 2 is 2.12 bits per heavy atom. The van der Waals surface area contributed by atoms with Gasteiger partial charge < -0.3 is 10.2 Å². The van der Waals surface area contributed by atoms with Crippen molar-refractivity contribution >= 4 is 27.5 Å². The lowest BCUT2D eigenvalue weighted by atomic mass is 10.2. The van der Waals surface area contributed by atoms with Gasteiger partial charge in [0.1, 0.15) is 10.7 Å². The van der Waals surface area contributed by atoms with Crippen molar-refractivity contribution in [2.24, 2.45) is 0 Å². The van der Waals surface area contributed by atoms with Gasteiger partial charge in [0.15, 0.2) is 0 Å². The number of rotatable bonds is 6. The van der Waals surface area contributed by atoms with Crippen LogP contribution in [0.5, 0.6) is 0 Å². The number of nitrogens with one attached hydrogen (secondary N) is 1. The van der Waals surface area contributed by atoms with Gasteiger partial charge >= 0.3 is 0 Å². The molecule has 0 atom stereocenters. The minimum absolute atomic E-state index is 0.00319. The Labute approximate surface area is 145 Å². The van der Waals surface area contributed by atoms with E-state index >= 15 is 0 Å². The number of aryl methyl sites for hydroxylation is 2. The molecule has 24 heavy (non-hydrogen) atoms. The van der Waals surface area contributed by atoms with Crippen LogP contribution in [0, 0.1) is 6.92 Å². The summed E-state index contributed by atoms with van der Waals surface area (Å²) >= 11 is 1.33. The number of carbonyl (C=O) groups is 1. The number of hydrogen-bond donors (Lipinski definition) is 1. The van der Waals surface area contributed by atoms with Gasteiger partial charge in [-0.25, -0.2) is 4.98 Å². The SMILES string of the molecule is CCN(CC)CCNC(=O)c1sc2nc3n(c(=O)c2c1C)CCC3. The molecule has 0 aliphatic carbocycles. The van der Waals surface area contributed by atoms with Crippen LogP contribution >= 0.6 is 11.3 Å². The maximum absolute atomic E-state index is 12.6. The molecule has 1 N–H and O–H groups in total. The monoisotopic (exact) mass is 348 g/mol. The van der Waals surface area contributed by atoms with Gasteiger partial charge in [0.05, 0.1) is 10.3 Å². The standard InChI is InChI=1S/C17H24N4O2S/c1-4-20(5-2)10-8-18-15(22)14-11(3)13-16(24-14)19-12-7-6-9-21(12)17(13)23/h4-10H2,1-3H3,(H,18,22). The molecule has 1 aliphatic heterocycles. The lowest BCUT2D eigenvalue weighted by molar-refractivity contribution is 0.0952. The van der Waals surface area contributed by atoms with Gasteiger partial charge in [-0.2, -0.15) is 0 Å². The number of carbonyl (C=O) groups excluding carboxylic acids is 1. The van der Waals surface area contributed by atoms with E-state index in [1.165, 1.54) is 11.3 Å². The first-order valence-corrected chi connectivity index (χ1v) is 9.41. The lowest BCUT2D eigenvalue weighted by Crippen LogP contribution is -2.34. The molecular weight excluding hydrogens is 324 g/mol. The van der Waals surface area contributed by atoms with E-state index in [9.17, 15) is 9.59 Å². The molecule has 6 nitrogen and oxygen atoms in total. The van der Waals surface area contributed by atoms with Crippen molar-refractivity contribution in [3.05, 3.63) is 26.6 Å². The van der Waals surface area contributed by atoms with Crippen molar-refractivity contribution in [3.8, 4) is 0 Å². The summed E-state index contributed by atoms with van der Waals surface area (Å²) in [5, 5.41) is 3.58. The van der Waals surface area contributed by atoms with Gasteiger partial charge in [-0.15, -0.1) is 11.3 Å². The Hall–Kier alpha value is -1.73. The molecule has 0 saturated carbocycles. The van der Waals surface area contributed by atoms with E-state index in [0.29, 0.717) is 21.6 Å². The van der Waals surface area contributed by atoms with Crippen molar-refractivity contribution in [2.75, 3.05) is 26.2 Å². The normalized spacial score (nSPS) is 13.7. The summed E-state index contributed by atoms with van der Waals surface area (Å²) in [7, 11) is 0.